The number of carboxylic acid groups (broad SMARTS) is 1. The standard InChI is InChI=1S/C28H38N6O7.ClH/c1-5-41-27(39)34-15-13-33(14-16-34)26(38)20(11-12-23(35)36)30-25(37)21-17-22(32-28(2,3)18-40-4)31-24(29-21)19-9-7-6-8-10-19;/h6-10,17,20H,5,11-16,18H2,1-4H3,(H,30,37)(H,35,36)(H,29,31,32);1H. The number of carbonyl (C=O) groups is 4. The second kappa shape index (κ2) is 15.9. The van der Waals surface area contributed by atoms with Crippen molar-refractivity contribution in [3.8, 4) is 11.4 Å². The molecule has 0 radical (unpaired) electrons. The minimum Gasteiger partial charge on any atom is -0.481 e. The first-order chi connectivity index (χ1) is 19.5. The number of aliphatic carboxylic acids is 1. The van der Waals surface area contributed by atoms with Crippen molar-refractivity contribution in [3.63, 3.8) is 0 Å². The molecule has 1 fully saturated rings. The lowest BCUT2D eigenvalue weighted by atomic mass is 10.1. The van der Waals surface area contributed by atoms with Gasteiger partial charge in [-0.3, -0.25) is 14.4 Å². The van der Waals surface area contributed by atoms with Crippen LogP contribution in [0.5, 0.6) is 0 Å². The van der Waals surface area contributed by atoms with Gasteiger partial charge < -0.3 is 35.0 Å². The van der Waals surface area contributed by atoms with Crippen LogP contribution in [0.4, 0.5) is 10.6 Å². The van der Waals surface area contributed by atoms with Gasteiger partial charge in [0.2, 0.25) is 5.91 Å². The number of hydrogen-bond acceptors (Lipinski definition) is 9. The molecular formula is C28H39ClN6O7. The van der Waals surface area contributed by atoms with Gasteiger partial charge in [-0.2, -0.15) is 0 Å². The minimum absolute atomic E-state index is 0. The van der Waals surface area contributed by atoms with Crippen molar-refractivity contribution in [2.45, 2.75) is 45.2 Å². The van der Waals surface area contributed by atoms with E-state index < -0.39 is 35.5 Å². The minimum atomic E-state index is -1.11. The molecule has 13 nitrogen and oxygen atoms in total. The third-order valence-corrected chi connectivity index (χ3v) is 6.33. The Balaban J connectivity index is 0.00000616. The van der Waals surface area contributed by atoms with Gasteiger partial charge in [0, 0.05) is 51.3 Å². The summed E-state index contributed by atoms with van der Waals surface area (Å²) in [5.74, 6) is -1.48. The van der Waals surface area contributed by atoms with E-state index in [-0.39, 0.29) is 63.7 Å². The molecule has 0 aliphatic carbocycles. The molecule has 1 aromatic heterocycles. The molecule has 0 bridgehead atoms. The van der Waals surface area contributed by atoms with Crippen LogP contribution in [0.2, 0.25) is 0 Å². The summed E-state index contributed by atoms with van der Waals surface area (Å²) < 4.78 is 10.3. The molecule has 1 unspecified atom stereocenters. The van der Waals surface area contributed by atoms with Crippen LogP contribution in [0.25, 0.3) is 11.4 Å². The molecule has 1 aliphatic heterocycles. The van der Waals surface area contributed by atoms with E-state index in [0.29, 0.717) is 23.8 Å². The molecule has 1 saturated heterocycles. The molecule has 0 spiro atoms. The van der Waals surface area contributed by atoms with Gasteiger partial charge in [-0.25, -0.2) is 14.8 Å². The number of nitrogens with zero attached hydrogens (tertiary/aromatic N) is 4. The van der Waals surface area contributed by atoms with Gasteiger partial charge in [-0.1, -0.05) is 30.3 Å². The second-order valence-corrected chi connectivity index (χ2v) is 10.2. The number of rotatable bonds is 12. The summed E-state index contributed by atoms with van der Waals surface area (Å²) in [6, 6.07) is 9.52. The van der Waals surface area contributed by atoms with Gasteiger partial charge in [-0.15, -0.1) is 12.4 Å². The predicted molar refractivity (Wildman–Crippen MR) is 158 cm³/mol. The fraction of sp³-hybridized carbons (Fsp3) is 0.500. The zero-order valence-electron chi connectivity index (χ0n) is 24.3. The summed E-state index contributed by atoms with van der Waals surface area (Å²) >= 11 is 0. The van der Waals surface area contributed by atoms with Crippen molar-refractivity contribution < 1.29 is 33.8 Å². The van der Waals surface area contributed by atoms with Gasteiger partial charge in [0.15, 0.2) is 5.82 Å². The number of amides is 3. The average Bonchev–Trinajstić information content (AvgIpc) is 2.94. The topological polar surface area (TPSA) is 163 Å². The number of carboxylic acids is 1. The van der Waals surface area contributed by atoms with Gasteiger partial charge in [-0.05, 0) is 27.2 Å². The van der Waals surface area contributed by atoms with E-state index in [2.05, 4.69) is 20.6 Å². The maximum atomic E-state index is 13.5. The summed E-state index contributed by atoms with van der Waals surface area (Å²) in [5.41, 5.74) is 0.179. The Morgan fingerprint density at radius 3 is 2.29 bits per heavy atom. The first-order valence-electron chi connectivity index (χ1n) is 13.5. The highest BCUT2D eigenvalue weighted by Crippen LogP contribution is 2.21. The third kappa shape index (κ3) is 9.84. The maximum absolute atomic E-state index is 13.5. The molecule has 0 saturated carbocycles. The number of aromatic nitrogens is 2. The Bertz CT molecular complexity index is 1220. The van der Waals surface area contributed by atoms with Crippen LogP contribution in [-0.2, 0) is 19.1 Å². The van der Waals surface area contributed by atoms with E-state index in [1.54, 1.807) is 14.0 Å². The second-order valence-electron chi connectivity index (χ2n) is 10.2. The van der Waals surface area contributed by atoms with E-state index in [1.807, 2.05) is 44.2 Å². The van der Waals surface area contributed by atoms with Gasteiger partial charge in [0.05, 0.1) is 18.8 Å². The monoisotopic (exact) mass is 606 g/mol. The molecular weight excluding hydrogens is 568 g/mol. The Morgan fingerprint density at radius 2 is 1.69 bits per heavy atom. The predicted octanol–water partition coefficient (Wildman–Crippen LogP) is 2.67. The molecule has 2 aromatic rings. The molecule has 230 valence electrons. The Hall–Kier alpha value is -3.97. The van der Waals surface area contributed by atoms with Crippen molar-refractivity contribution in [2.75, 3.05) is 51.8 Å². The molecule has 1 atom stereocenters. The highest BCUT2D eigenvalue weighted by Gasteiger charge is 2.31. The lowest BCUT2D eigenvalue weighted by Gasteiger charge is -2.35. The number of ether oxygens (including phenoxy) is 2. The van der Waals surface area contributed by atoms with E-state index in [9.17, 15) is 24.3 Å². The molecule has 1 aromatic carbocycles. The lowest BCUT2D eigenvalue weighted by Crippen LogP contribution is -2.56. The normalized spacial score (nSPS) is 13.9. The van der Waals surface area contributed by atoms with Gasteiger partial charge in [0.25, 0.3) is 5.91 Å². The van der Waals surface area contributed by atoms with Crippen molar-refractivity contribution in [2.24, 2.45) is 0 Å². The first kappa shape index (κ1) is 34.2. The van der Waals surface area contributed by atoms with Crippen LogP contribution in [0, 0.1) is 0 Å². The SMILES string of the molecule is CCOC(=O)N1CCN(C(=O)C(CCC(=O)O)NC(=O)c2cc(NC(C)(C)COC)nc(-c3ccccc3)n2)CC1.Cl. The summed E-state index contributed by atoms with van der Waals surface area (Å²) in [6.45, 7) is 7.16. The number of anilines is 1. The zero-order chi connectivity index (χ0) is 30.0. The van der Waals surface area contributed by atoms with Crippen molar-refractivity contribution in [1.82, 2.24) is 25.1 Å². The molecule has 3 N–H and O–H groups in total. The average molecular weight is 607 g/mol. The number of carbonyl (C=O) groups excluding carboxylic acids is 3. The van der Waals surface area contributed by atoms with Crippen LogP contribution >= 0.6 is 12.4 Å². The van der Waals surface area contributed by atoms with Crippen molar-refractivity contribution in [1.29, 1.82) is 0 Å². The number of nitrogens with one attached hydrogen (secondary N) is 2. The Morgan fingerprint density at radius 1 is 1.05 bits per heavy atom. The van der Waals surface area contributed by atoms with E-state index >= 15 is 0 Å². The summed E-state index contributed by atoms with van der Waals surface area (Å²) in [4.78, 5) is 62.3. The quantitative estimate of drug-likeness (QED) is 0.327. The summed E-state index contributed by atoms with van der Waals surface area (Å²) in [6.07, 6.45) is -0.886. The molecule has 14 heteroatoms. The van der Waals surface area contributed by atoms with E-state index in [0.717, 1.165) is 0 Å². The van der Waals surface area contributed by atoms with Crippen LogP contribution in [0.3, 0.4) is 0 Å². The van der Waals surface area contributed by atoms with Crippen LogP contribution < -0.4 is 10.6 Å². The first-order valence-corrected chi connectivity index (χ1v) is 13.5. The number of methoxy groups -OCH3 is 1. The zero-order valence-corrected chi connectivity index (χ0v) is 25.1. The molecule has 42 heavy (non-hydrogen) atoms. The van der Waals surface area contributed by atoms with Crippen LogP contribution in [-0.4, -0.2) is 107 Å². The van der Waals surface area contributed by atoms with Crippen LogP contribution in [0.1, 0.15) is 44.1 Å². The van der Waals surface area contributed by atoms with E-state index in [4.69, 9.17) is 9.47 Å². The molecule has 1 aliphatic rings. The number of halogens is 1. The number of piperazine rings is 1. The van der Waals surface area contributed by atoms with Crippen molar-refractivity contribution in [3.05, 3.63) is 42.1 Å². The number of hydrogen-bond donors (Lipinski definition) is 3. The smallest absolute Gasteiger partial charge is 0.409 e. The number of benzene rings is 1. The highest BCUT2D eigenvalue weighted by atomic mass is 35.5. The van der Waals surface area contributed by atoms with Gasteiger partial charge in [0.1, 0.15) is 17.6 Å². The fourth-order valence-corrected chi connectivity index (χ4v) is 4.39. The third-order valence-electron chi connectivity index (χ3n) is 6.33. The van der Waals surface area contributed by atoms with E-state index in [1.165, 1.54) is 15.9 Å². The summed E-state index contributed by atoms with van der Waals surface area (Å²) in [7, 11) is 1.59. The highest BCUT2D eigenvalue weighted by molar-refractivity contribution is 5.97. The lowest BCUT2D eigenvalue weighted by molar-refractivity contribution is -0.138. The maximum Gasteiger partial charge on any atom is 0.409 e. The Labute approximate surface area is 251 Å². The Kier molecular flexibility index (Phi) is 12.9. The molecule has 3 amide bonds. The molecule has 3 rings (SSSR count). The fourth-order valence-electron chi connectivity index (χ4n) is 4.39. The molecule has 2 heterocycles. The largest absolute Gasteiger partial charge is 0.481 e. The van der Waals surface area contributed by atoms with Gasteiger partial charge >= 0.3 is 12.1 Å². The van der Waals surface area contributed by atoms with Crippen molar-refractivity contribution >= 4 is 42.1 Å². The summed E-state index contributed by atoms with van der Waals surface area (Å²) in [5, 5.41) is 15.2. The van der Waals surface area contributed by atoms with Crippen LogP contribution in [0.15, 0.2) is 36.4 Å².